The highest BCUT2D eigenvalue weighted by molar-refractivity contribution is 5.29. The van der Waals surface area contributed by atoms with E-state index in [0.717, 1.165) is 23.6 Å². The minimum absolute atomic E-state index is 0.0732. The lowest BCUT2D eigenvalue weighted by Crippen LogP contribution is -2.35. The van der Waals surface area contributed by atoms with Gasteiger partial charge in [0.2, 0.25) is 0 Å². The Bertz CT molecular complexity index is 394. The molecule has 1 N–H and O–H groups in total. The van der Waals surface area contributed by atoms with Gasteiger partial charge in [-0.15, -0.1) is 6.58 Å². The van der Waals surface area contributed by atoms with Crippen molar-refractivity contribution in [2.24, 2.45) is 0 Å². The van der Waals surface area contributed by atoms with Crippen LogP contribution in [0.5, 0.6) is 5.75 Å². The zero-order chi connectivity index (χ0) is 13.6. The van der Waals surface area contributed by atoms with E-state index in [1.807, 2.05) is 25.1 Å². The third-order valence-electron chi connectivity index (χ3n) is 2.44. The van der Waals surface area contributed by atoms with Gasteiger partial charge in [0.1, 0.15) is 5.75 Å². The third kappa shape index (κ3) is 5.32. The summed E-state index contributed by atoms with van der Waals surface area (Å²) in [5.41, 5.74) is 2.05. The lowest BCUT2D eigenvalue weighted by molar-refractivity contribution is 0.315. The standard InChI is InChI=1S/C15H24N2O/c1-6-7-10-18-14-9-8-12(2)17-13(14)11-16-15(3,4)5/h6,8-9,16H,1,7,10-11H2,2-5H3. The molecule has 1 heterocycles. The van der Waals surface area contributed by atoms with Crippen LogP contribution >= 0.6 is 0 Å². The number of aromatic nitrogens is 1. The van der Waals surface area contributed by atoms with E-state index in [1.165, 1.54) is 0 Å². The molecule has 0 aliphatic carbocycles. The van der Waals surface area contributed by atoms with Crippen LogP contribution in [0.15, 0.2) is 24.8 Å². The fourth-order valence-electron chi connectivity index (χ4n) is 1.46. The average molecular weight is 248 g/mol. The molecule has 18 heavy (non-hydrogen) atoms. The molecule has 0 saturated heterocycles. The fourth-order valence-corrected chi connectivity index (χ4v) is 1.46. The zero-order valence-corrected chi connectivity index (χ0v) is 11.9. The number of ether oxygens (including phenoxy) is 1. The Morgan fingerprint density at radius 2 is 2.11 bits per heavy atom. The molecule has 0 saturated carbocycles. The van der Waals surface area contributed by atoms with Crippen molar-refractivity contribution in [1.29, 1.82) is 0 Å². The van der Waals surface area contributed by atoms with E-state index < -0.39 is 0 Å². The minimum Gasteiger partial charge on any atom is -0.491 e. The summed E-state index contributed by atoms with van der Waals surface area (Å²) in [5.74, 6) is 0.860. The molecular formula is C15H24N2O. The Hall–Kier alpha value is -1.35. The van der Waals surface area contributed by atoms with E-state index in [1.54, 1.807) is 0 Å². The summed E-state index contributed by atoms with van der Waals surface area (Å²) >= 11 is 0. The Morgan fingerprint density at radius 1 is 1.39 bits per heavy atom. The van der Waals surface area contributed by atoms with Crippen LogP contribution < -0.4 is 10.1 Å². The van der Waals surface area contributed by atoms with Gasteiger partial charge in [-0.3, -0.25) is 4.98 Å². The molecule has 0 radical (unpaired) electrons. The molecule has 0 aromatic carbocycles. The fraction of sp³-hybridized carbons (Fsp3) is 0.533. The summed E-state index contributed by atoms with van der Waals surface area (Å²) in [6.07, 6.45) is 2.70. The van der Waals surface area contributed by atoms with Crippen molar-refractivity contribution in [3.63, 3.8) is 0 Å². The minimum atomic E-state index is 0.0732. The van der Waals surface area contributed by atoms with Gasteiger partial charge in [0.25, 0.3) is 0 Å². The largest absolute Gasteiger partial charge is 0.491 e. The summed E-state index contributed by atoms with van der Waals surface area (Å²) in [7, 11) is 0. The van der Waals surface area contributed by atoms with Crippen LogP contribution in [0.2, 0.25) is 0 Å². The third-order valence-corrected chi connectivity index (χ3v) is 2.44. The van der Waals surface area contributed by atoms with E-state index in [2.05, 4.69) is 37.7 Å². The predicted octanol–water partition coefficient (Wildman–Crippen LogP) is 3.23. The molecule has 0 fully saturated rings. The van der Waals surface area contributed by atoms with Crippen LogP contribution in [0.1, 0.15) is 38.6 Å². The lowest BCUT2D eigenvalue weighted by atomic mass is 10.1. The van der Waals surface area contributed by atoms with Gasteiger partial charge in [-0.25, -0.2) is 0 Å². The monoisotopic (exact) mass is 248 g/mol. The maximum Gasteiger partial charge on any atom is 0.142 e. The van der Waals surface area contributed by atoms with Crippen LogP contribution in [0, 0.1) is 6.92 Å². The molecule has 0 unspecified atom stereocenters. The highest BCUT2D eigenvalue weighted by atomic mass is 16.5. The van der Waals surface area contributed by atoms with Gasteiger partial charge in [-0.1, -0.05) is 6.08 Å². The molecule has 3 heteroatoms. The maximum absolute atomic E-state index is 5.72. The maximum atomic E-state index is 5.72. The van der Waals surface area contributed by atoms with Gasteiger partial charge in [-0.05, 0) is 46.2 Å². The van der Waals surface area contributed by atoms with Gasteiger partial charge in [-0.2, -0.15) is 0 Å². The highest BCUT2D eigenvalue weighted by Crippen LogP contribution is 2.18. The summed E-state index contributed by atoms with van der Waals surface area (Å²) in [6.45, 7) is 13.5. The summed E-state index contributed by atoms with van der Waals surface area (Å²) < 4.78 is 5.72. The van der Waals surface area contributed by atoms with Gasteiger partial charge in [0.05, 0.1) is 12.3 Å². The number of hydrogen-bond donors (Lipinski definition) is 1. The van der Waals surface area contributed by atoms with Crippen LogP contribution in [-0.2, 0) is 6.54 Å². The molecular weight excluding hydrogens is 224 g/mol. The Balaban J connectivity index is 2.73. The SMILES string of the molecule is C=CCCOc1ccc(C)nc1CNC(C)(C)C. The number of pyridine rings is 1. The number of rotatable bonds is 6. The molecule has 1 rings (SSSR count). The van der Waals surface area contributed by atoms with E-state index in [4.69, 9.17) is 4.74 Å². The Morgan fingerprint density at radius 3 is 2.72 bits per heavy atom. The van der Waals surface area contributed by atoms with Crippen LogP contribution in [0.3, 0.4) is 0 Å². The van der Waals surface area contributed by atoms with E-state index in [-0.39, 0.29) is 5.54 Å². The van der Waals surface area contributed by atoms with Crippen molar-refractivity contribution in [3.8, 4) is 5.75 Å². The van der Waals surface area contributed by atoms with Crippen LogP contribution in [0.4, 0.5) is 0 Å². The number of nitrogens with zero attached hydrogens (tertiary/aromatic N) is 1. The molecule has 0 atom stereocenters. The molecule has 0 amide bonds. The van der Waals surface area contributed by atoms with E-state index in [9.17, 15) is 0 Å². The quantitative estimate of drug-likeness (QED) is 0.620. The molecule has 0 aliphatic rings. The number of aryl methyl sites for hydroxylation is 1. The van der Waals surface area contributed by atoms with Crippen molar-refractivity contribution < 1.29 is 4.74 Å². The first kappa shape index (κ1) is 14.7. The normalized spacial score (nSPS) is 11.3. The van der Waals surface area contributed by atoms with Crippen LogP contribution in [-0.4, -0.2) is 17.1 Å². The number of nitrogens with one attached hydrogen (secondary N) is 1. The van der Waals surface area contributed by atoms with Crippen molar-refractivity contribution in [1.82, 2.24) is 10.3 Å². The second kappa shape index (κ2) is 6.55. The van der Waals surface area contributed by atoms with Crippen molar-refractivity contribution in [2.75, 3.05) is 6.61 Å². The topological polar surface area (TPSA) is 34.1 Å². The average Bonchev–Trinajstić information content (AvgIpc) is 2.28. The zero-order valence-electron chi connectivity index (χ0n) is 11.9. The second-order valence-electron chi connectivity index (χ2n) is 5.43. The Kier molecular flexibility index (Phi) is 5.35. The first-order chi connectivity index (χ1) is 8.42. The Labute approximate surface area is 110 Å². The summed E-state index contributed by atoms with van der Waals surface area (Å²) in [6, 6.07) is 3.97. The highest BCUT2D eigenvalue weighted by Gasteiger charge is 2.12. The van der Waals surface area contributed by atoms with Crippen molar-refractivity contribution in [3.05, 3.63) is 36.2 Å². The smallest absolute Gasteiger partial charge is 0.142 e. The lowest BCUT2D eigenvalue weighted by Gasteiger charge is -2.21. The molecule has 0 aliphatic heterocycles. The number of hydrogen-bond acceptors (Lipinski definition) is 3. The summed E-state index contributed by atoms with van der Waals surface area (Å²) in [5, 5.41) is 3.43. The van der Waals surface area contributed by atoms with Gasteiger partial charge >= 0.3 is 0 Å². The molecule has 0 bridgehead atoms. The first-order valence-electron chi connectivity index (χ1n) is 6.37. The van der Waals surface area contributed by atoms with Gasteiger partial charge in [0.15, 0.2) is 0 Å². The van der Waals surface area contributed by atoms with Crippen LogP contribution in [0.25, 0.3) is 0 Å². The predicted molar refractivity (Wildman–Crippen MR) is 75.9 cm³/mol. The molecule has 3 nitrogen and oxygen atoms in total. The molecule has 0 spiro atoms. The van der Waals surface area contributed by atoms with Gasteiger partial charge < -0.3 is 10.1 Å². The molecule has 100 valence electrons. The van der Waals surface area contributed by atoms with E-state index in [0.29, 0.717) is 13.2 Å². The van der Waals surface area contributed by atoms with Crippen molar-refractivity contribution >= 4 is 0 Å². The first-order valence-corrected chi connectivity index (χ1v) is 6.37. The van der Waals surface area contributed by atoms with E-state index >= 15 is 0 Å². The summed E-state index contributed by atoms with van der Waals surface area (Å²) in [4.78, 5) is 4.54. The molecule has 1 aromatic rings. The van der Waals surface area contributed by atoms with Crippen molar-refractivity contribution in [2.45, 2.75) is 46.2 Å². The second-order valence-corrected chi connectivity index (χ2v) is 5.43. The van der Waals surface area contributed by atoms with Gasteiger partial charge in [0, 0.05) is 17.8 Å². The molecule has 1 aromatic heterocycles.